The first-order valence-corrected chi connectivity index (χ1v) is 13.4. The quantitative estimate of drug-likeness (QED) is 0.544. The predicted octanol–water partition coefficient (Wildman–Crippen LogP) is 5.00. The summed E-state index contributed by atoms with van der Waals surface area (Å²) in [6, 6.07) is 0.285. The highest BCUT2D eigenvalue weighted by Gasteiger charge is 2.51. The van der Waals surface area contributed by atoms with Gasteiger partial charge in [-0.3, -0.25) is 4.90 Å². The largest absolute Gasteiger partial charge is 0.393 e. The molecule has 3 N–H and O–H groups in total. The first-order chi connectivity index (χ1) is 15.5. The molecule has 3 saturated carbocycles. The Labute approximate surface area is 201 Å². The second-order valence-electron chi connectivity index (χ2n) is 12.4. The summed E-state index contributed by atoms with van der Waals surface area (Å²) in [6.45, 7) is 15.2. The van der Waals surface area contributed by atoms with Gasteiger partial charge in [-0.2, -0.15) is 0 Å². The Kier molecular flexibility index (Phi) is 7.32. The summed E-state index contributed by atoms with van der Waals surface area (Å²) < 4.78 is 0. The summed E-state index contributed by atoms with van der Waals surface area (Å²) in [4.78, 5) is 2.57. The van der Waals surface area contributed by atoms with Crippen LogP contribution in [0.3, 0.4) is 0 Å². The molecule has 4 nitrogen and oxygen atoms in total. The van der Waals surface area contributed by atoms with E-state index in [2.05, 4.69) is 37.5 Å². The van der Waals surface area contributed by atoms with Gasteiger partial charge in [-0.25, -0.2) is 0 Å². The third-order valence-corrected chi connectivity index (χ3v) is 9.69. The van der Waals surface area contributed by atoms with E-state index in [1.165, 1.54) is 32.1 Å². The normalized spacial score (nSPS) is 41.7. The standard InChI is InChI=1S/C29H47NO3/c1-19(18-30-15-7-9-27(30)28(3,4)33)24-12-13-25-21(8-6-14-29(24,25)5)10-11-22-16-23(31)17-26(32)20(22)2/h10-11,19,23-27,31-33H,2,6-9,12-18H2,1,3-5H3/b21-10+,22-11-/t19-,23?,24-,25+,26?,27+,29-/m1/s1. The molecule has 0 spiro atoms. The minimum Gasteiger partial charge on any atom is -0.393 e. The number of hydrogen-bond acceptors (Lipinski definition) is 4. The number of aliphatic hydroxyl groups excluding tert-OH is 2. The van der Waals surface area contributed by atoms with Gasteiger partial charge in [0, 0.05) is 19.0 Å². The van der Waals surface area contributed by atoms with Crippen LogP contribution in [-0.2, 0) is 0 Å². The first kappa shape index (κ1) is 25.2. The van der Waals surface area contributed by atoms with Crippen LogP contribution < -0.4 is 0 Å². The zero-order valence-electron chi connectivity index (χ0n) is 21.4. The maximum absolute atomic E-state index is 10.7. The monoisotopic (exact) mass is 457 g/mol. The number of nitrogens with zero attached hydrogens (tertiary/aromatic N) is 1. The average molecular weight is 458 g/mol. The second-order valence-corrected chi connectivity index (χ2v) is 12.4. The molecule has 186 valence electrons. The zero-order chi connectivity index (χ0) is 24.0. The predicted molar refractivity (Wildman–Crippen MR) is 135 cm³/mol. The maximum atomic E-state index is 10.7. The molecule has 7 atom stereocenters. The molecular weight excluding hydrogens is 410 g/mol. The topological polar surface area (TPSA) is 63.9 Å². The highest BCUT2D eigenvalue weighted by molar-refractivity contribution is 5.38. The van der Waals surface area contributed by atoms with Gasteiger partial charge < -0.3 is 15.3 Å². The number of hydrogen-bond donors (Lipinski definition) is 3. The number of allylic oxidation sites excluding steroid dienone is 3. The van der Waals surface area contributed by atoms with E-state index < -0.39 is 17.8 Å². The SMILES string of the molecule is C=C1/C(=C\C=C2/CCC[C@]3(C)[C@@H]([C@H](C)CN4CCC[C@H]4C(C)(C)O)CC[C@@H]23)CC(O)CC1O. The Morgan fingerprint density at radius 1 is 1.18 bits per heavy atom. The Bertz CT molecular complexity index is 793. The summed E-state index contributed by atoms with van der Waals surface area (Å²) in [7, 11) is 0. The van der Waals surface area contributed by atoms with Crippen LogP contribution in [0.25, 0.3) is 0 Å². The van der Waals surface area contributed by atoms with Crippen LogP contribution in [0.1, 0.15) is 85.5 Å². The van der Waals surface area contributed by atoms with Gasteiger partial charge in [0.25, 0.3) is 0 Å². The highest BCUT2D eigenvalue weighted by atomic mass is 16.3. The van der Waals surface area contributed by atoms with Crippen molar-refractivity contribution < 1.29 is 15.3 Å². The molecule has 4 fully saturated rings. The van der Waals surface area contributed by atoms with E-state index in [0.717, 1.165) is 43.0 Å². The number of fused-ring (bicyclic) bond motifs is 1. The summed E-state index contributed by atoms with van der Waals surface area (Å²) in [5.41, 5.74) is 3.06. The van der Waals surface area contributed by atoms with Crippen molar-refractivity contribution in [3.05, 3.63) is 35.5 Å². The van der Waals surface area contributed by atoms with E-state index in [0.29, 0.717) is 30.1 Å². The first-order valence-electron chi connectivity index (χ1n) is 13.4. The van der Waals surface area contributed by atoms with Crippen LogP contribution in [0.5, 0.6) is 0 Å². The van der Waals surface area contributed by atoms with Crippen LogP contribution >= 0.6 is 0 Å². The molecule has 0 aromatic heterocycles. The lowest BCUT2D eigenvalue weighted by molar-refractivity contribution is -0.0143. The van der Waals surface area contributed by atoms with Gasteiger partial charge in [-0.1, -0.05) is 38.2 Å². The molecule has 0 amide bonds. The van der Waals surface area contributed by atoms with Gasteiger partial charge in [-0.15, -0.1) is 0 Å². The molecule has 0 aromatic carbocycles. The minimum absolute atomic E-state index is 0.285. The molecule has 2 unspecified atom stereocenters. The Morgan fingerprint density at radius 2 is 1.94 bits per heavy atom. The molecule has 4 rings (SSSR count). The van der Waals surface area contributed by atoms with Crippen LogP contribution in [0.2, 0.25) is 0 Å². The summed E-state index contributed by atoms with van der Waals surface area (Å²) in [5.74, 6) is 1.98. The van der Waals surface area contributed by atoms with Crippen molar-refractivity contribution in [2.24, 2.45) is 23.2 Å². The van der Waals surface area contributed by atoms with E-state index in [4.69, 9.17) is 0 Å². The lowest BCUT2D eigenvalue weighted by Crippen LogP contribution is -2.48. The molecule has 1 saturated heterocycles. The smallest absolute Gasteiger partial charge is 0.0811 e. The van der Waals surface area contributed by atoms with E-state index in [-0.39, 0.29) is 6.04 Å². The average Bonchev–Trinajstić information content (AvgIpc) is 3.33. The summed E-state index contributed by atoms with van der Waals surface area (Å²) in [5, 5.41) is 30.9. The molecule has 4 heteroatoms. The van der Waals surface area contributed by atoms with Crippen molar-refractivity contribution >= 4 is 0 Å². The van der Waals surface area contributed by atoms with Crippen molar-refractivity contribution in [2.45, 2.75) is 109 Å². The third kappa shape index (κ3) is 5.05. The van der Waals surface area contributed by atoms with Crippen molar-refractivity contribution in [2.75, 3.05) is 13.1 Å². The Balaban J connectivity index is 1.48. The van der Waals surface area contributed by atoms with Gasteiger partial charge in [0.15, 0.2) is 0 Å². The molecule has 1 heterocycles. The van der Waals surface area contributed by atoms with Gasteiger partial charge >= 0.3 is 0 Å². The fourth-order valence-corrected chi connectivity index (χ4v) is 8.02. The molecule has 33 heavy (non-hydrogen) atoms. The summed E-state index contributed by atoms with van der Waals surface area (Å²) >= 11 is 0. The van der Waals surface area contributed by atoms with E-state index in [1.807, 2.05) is 13.8 Å². The fourth-order valence-electron chi connectivity index (χ4n) is 8.02. The lowest BCUT2D eigenvalue weighted by Gasteiger charge is -2.45. The Morgan fingerprint density at radius 3 is 2.67 bits per heavy atom. The molecular formula is C29H47NO3. The van der Waals surface area contributed by atoms with Crippen molar-refractivity contribution in [1.29, 1.82) is 0 Å². The number of aliphatic hydroxyl groups is 3. The van der Waals surface area contributed by atoms with Gasteiger partial charge in [0.1, 0.15) is 0 Å². The van der Waals surface area contributed by atoms with Crippen molar-refractivity contribution in [3.8, 4) is 0 Å². The number of likely N-dealkylation sites (tertiary alicyclic amines) is 1. The van der Waals surface area contributed by atoms with Crippen molar-refractivity contribution in [1.82, 2.24) is 4.90 Å². The van der Waals surface area contributed by atoms with E-state index >= 15 is 0 Å². The Hall–Kier alpha value is -0.940. The van der Waals surface area contributed by atoms with Crippen LogP contribution in [0.4, 0.5) is 0 Å². The minimum atomic E-state index is -0.628. The van der Waals surface area contributed by atoms with Gasteiger partial charge in [0.05, 0.1) is 17.8 Å². The maximum Gasteiger partial charge on any atom is 0.0811 e. The second kappa shape index (κ2) is 9.60. The molecule has 0 bridgehead atoms. The third-order valence-electron chi connectivity index (χ3n) is 9.69. The lowest BCUT2D eigenvalue weighted by atomic mass is 9.61. The fraction of sp³-hybridized carbons (Fsp3) is 0.793. The van der Waals surface area contributed by atoms with Gasteiger partial charge in [0.2, 0.25) is 0 Å². The summed E-state index contributed by atoms with van der Waals surface area (Å²) in [6.07, 6.45) is 12.9. The van der Waals surface area contributed by atoms with E-state index in [9.17, 15) is 15.3 Å². The zero-order valence-corrected chi connectivity index (χ0v) is 21.4. The molecule has 1 aliphatic heterocycles. The van der Waals surface area contributed by atoms with Crippen molar-refractivity contribution in [3.63, 3.8) is 0 Å². The molecule has 0 radical (unpaired) electrons. The molecule has 4 aliphatic rings. The molecule has 0 aromatic rings. The molecule has 3 aliphatic carbocycles. The van der Waals surface area contributed by atoms with E-state index in [1.54, 1.807) is 5.57 Å². The number of rotatable bonds is 5. The van der Waals surface area contributed by atoms with Crippen LogP contribution in [0.15, 0.2) is 35.5 Å². The van der Waals surface area contributed by atoms with Crippen LogP contribution in [0, 0.1) is 23.2 Å². The highest BCUT2D eigenvalue weighted by Crippen LogP contribution is 2.59. The van der Waals surface area contributed by atoms with Gasteiger partial charge in [-0.05, 0) is 106 Å². The van der Waals surface area contributed by atoms with Crippen LogP contribution in [-0.4, -0.2) is 57.2 Å².